The molecule has 0 bridgehead atoms. The van der Waals surface area contributed by atoms with Crippen molar-refractivity contribution in [3.8, 4) is 11.6 Å². The zero-order chi connectivity index (χ0) is 20.6. The van der Waals surface area contributed by atoms with Crippen molar-refractivity contribution in [1.82, 2.24) is 15.0 Å². The van der Waals surface area contributed by atoms with E-state index in [1.807, 2.05) is 31.2 Å². The molecule has 0 aliphatic heterocycles. The zero-order valence-corrected chi connectivity index (χ0v) is 16.9. The predicted molar refractivity (Wildman–Crippen MR) is 111 cm³/mol. The number of hydrogen-bond acceptors (Lipinski definition) is 7. The SMILES string of the molecule is CCc1ncnc(NCCc2ccc(Oc3ccc(C(=O)OC)cn3)cc2)c1Cl. The van der Waals surface area contributed by atoms with Gasteiger partial charge in [-0.25, -0.2) is 19.7 Å². The maximum Gasteiger partial charge on any atom is 0.339 e. The summed E-state index contributed by atoms with van der Waals surface area (Å²) in [6.07, 6.45) is 4.50. The lowest BCUT2D eigenvalue weighted by Crippen LogP contribution is -2.08. The van der Waals surface area contributed by atoms with E-state index in [0.717, 1.165) is 24.1 Å². The molecule has 7 nitrogen and oxygen atoms in total. The molecular formula is C21H21ClN4O3. The average molecular weight is 413 g/mol. The fourth-order valence-corrected chi connectivity index (χ4v) is 2.92. The van der Waals surface area contributed by atoms with Crippen molar-refractivity contribution in [3.63, 3.8) is 0 Å². The Morgan fingerprint density at radius 3 is 2.55 bits per heavy atom. The third-order valence-corrected chi connectivity index (χ3v) is 4.60. The quantitative estimate of drug-likeness (QED) is 0.551. The lowest BCUT2D eigenvalue weighted by atomic mass is 10.1. The summed E-state index contributed by atoms with van der Waals surface area (Å²) in [5.74, 6) is 1.28. The van der Waals surface area contributed by atoms with E-state index in [-0.39, 0.29) is 0 Å². The van der Waals surface area contributed by atoms with Gasteiger partial charge in [0, 0.05) is 18.8 Å². The van der Waals surface area contributed by atoms with Crippen LogP contribution in [-0.2, 0) is 17.6 Å². The second-order valence-corrected chi connectivity index (χ2v) is 6.51. The summed E-state index contributed by atoms with van der Waals surface area (Å²) >= 11 is 6.29. The van der Waals surface area contributed by atoms with Gasteiger partial charge in [-0.05, 0) is 36.6 Å². The molecule has 1 N–H and O–H groups in total. The van der Waals surface area contributed by atoms with Gasteiger partial charge in [0.15, 0.2) is 0 Å². The third kappa shape index (κ3) is 5.42. The van der Waals surface area contributed by atoms with Gasteiger partial charge < -0.3 is 14.8 Å². The summed E-state index contributed by atoms with van der Waals surface area (Å²) < 4.78 is 10.4. The van der Waals surface area contributed by atoms with Crippen LogP contribution in [0.5, 0.6) is 11.6 Å². The normalized spacial score (nSPS) is 10.4. The Labute approximate surface area is 174 Å². The van der Waals surface area contributed by atoms with Crippen LogP contribution in [0.2, 0.25) is 5.02 Å². The smallest absolute Gasteiger partial charge is 0.339 e. The van der Waals surface area contributed by atoms with E-state index < -0.39 is 5.97 Å². The lowest BCUT2D eigenvalue weighted by molar-refractivity contribution is 0.0600. The first-order valence-corrected chi connectivity index (χ1v) is 9.53. The Balaban J connectivity index is 1.53. The summed E-state index contributed by atoms with van der Waals surface area (Å²) in [7, 11) is 1.33. The first kappa shape index (κ1) is 20.5. The molecule has 0 spiro atoms. The summed E-state index contributed by atoms with van der Waals surface area (Å²) in [4.78, 5) is 23.9. The Hall–Kier alpha value is -3.19. The van der Waals surface area contributed by atoms with E-state index in [9.17, 15) is 4.79 Å². The van der Waals surface area contributed by atoms with Gasteiger partial charge >= 0.3 is 5.97 Å². The highest BCUT2D eigenvalue weighted by Crippen LogP contribution is 2.23. The van der Waals surface area contributed by atoms with Crippen LogP contribution in [0.15, 0.2) is 48.9 Å². The lowest BCUT2D eigenvalue weighted by Gasteiger charge is -2.10. The number of esters is 1. The van der Waals surface area contributed by atoms with Crippen LogP contribution >= 0.6 is 11.6 Å². The minimum Gasteiger partial charge on any atom is -0.465 e. The fourth-order valence-electron chi connectivity index (χ4n) is 2.63. The van der Waals surface area contributed by atoms with Crippen LogP contribution in [0, 0.1) is 0 Å². The number of nitrogens with one attached hydrogen (secondary N) is 1. The van der Waals surface area contributed by atoms with E-state index in [1.165, 1.54) is 19.6 Å². The number of aryl methyl sites for hydroxylation is 1. The fraction of sp³-hybridized carbons (Fsp3) is 0.238. The zero-order valence-electron chi connectivity index (χ0n) is 16.2. The number of rotatable bonds is 8. The Morgan fingerprint density at radius 1 is 1.10 bits per heavy atom. The van der Waals surface area contributed by atoms with E-state index in [0.29, 0.717) is 34.6 Å². The standard InChI is InChI=1S/C21H21ClN4O3/c1-3-17-19(22)20(26-13-25-17)23-11-10-14-4-7-16(8-5-14)29-18-9-6-15(12-24-18)21(27)28-2/h4-9,12-13H,3,10-11H2,1-2H3,(H,23,25,26). The van der Waals surface area contributed by atoms with Crippen molar-refractivity contribution in [2.75, 3.05) is 19.0 Å². The van der Waals surface area contributed by atoms with Gasteiger partial charge in [0.1, 0.15) is 22.9 Å². The van der Waals surface area contributed by atoms with Crippen molar-refractivity contribution in [2.45, 2.75) is 19.8 Å². The van der Waals surface area contributed by atoms with Crippen LogP contribution in [0.4, 0.5) is 5.82 Å². The molecule has 0 saturated heterocycles. The van der Waals surface area contributed by atoms with Gasteiger partial charge in [0.2, 0.25) is 5.88 Å². The number of benzene rings is 1. The van der Waals surface area contributed by atoms with Gasteiger partial charge in [-0.3, -0.25) is 0 Å². The van der Waals surface area contributed by atoms with Crippen LogP contribution in [0.25, 0.3) is 0 Å². The highest BCUT2D eigenvalue weighted by Gasteiger charge is 2.08. The van der Waals surface area contributed by atoms with Crippen LogP contribution in [0.3, 0.4) is 0 Å². The molecule has 0 aliphatic rings. The molecule has 8 heteroatoms. The molecule has 0 amide bonds. The van der Waals surface area contributed by atoms with Gasteiger partial charge in [-0.1, -0.05) is 30.7 Å². The van der Waals surface area contributed by atoms with E-state index in [4.69, 9.17) is 16.3 Å². The number of carbonyl (C=O) groups is 1. The molecule has 0 unspecified atom stereocenters. The number of methoxy groups -OCH3 is 1. The van der Waals surface area contributed by atoms with Crippen LogP contribution in [0.1, 0.15) is 28.5 Å². The first-order chi connectivity index (χ1) is 14.1. The molecule has 2 heterocycles. The molecular weight excluding hydrogens is 392 g/mol. The van der Waals surface area contributed by atoms with Gasteiger partial charge in [0.25, 0.3) is 0 Å². The highest BCUT2D eigenvalue weighted by atomic mass is 35.5. The van der Waals surface area contributed by atoms with E-state index in [1.54, 1.807) is 12.1 Å². The van der Waals surface area contributed by atoms with Gasteiger partial charge in [-0.2, -0.15) is 0 Å². The van der Waals surface area contributed by atoms with Crippen molar-refractivity contribution in [1.29, 1.82) is 0 Å². The molecule has 29 heavy (non-hydrogen) atoms. The number of hydrogen-bond donors (Lipinski definition) is 1. The molecule has 3 aromatic rings. The number of nitrogens with zero attached hydrogens (tertiary/aromatic N) is 3. The molecule has 0 saturated carbocycles. The van der Waals surface area contributed by atoms with Gasteiger partial charge in [0.05, 0.1) is 18.4 Å². The first-order valence-electron chi connectivity index (χ1n) is 9.15. The second kappa shape index (κ2) is 9.84. The molecule has 0 atom stereocenters. The number of aromatic nitrogens is 3. The van der Waals surface area contributed by atoms with Crippen molar-refractivity contribution in [2.24, 2.45) is 0 Å². The summed E-state index contributed by atoms with van der Waals surface area (Å²) in [5, 5.41) is 3.82. The monoisotopic (exact) mass is 412 g/mol. The number of pyridine rings is 1. The minimum absolute atomic E-state index is 0.373. The van der Waals surface area contributed by atoms with Crippen LogP contribution < -0.4 is 10.1 Å². The maximum atomic E-state index is 11.4. The number of halogens is 1. The molecule has 0 aliphatic carbocycles. The van der Waals surface area contributed by atoms with E-state index in [2.05, 4.69) is 25.0 Å². The Kier molecular flexibility index (Phi) is 6.97. The van der Waals surface area contributed by atoms with Gasteiger partial charge in [-0.15, -0.1) is 0 Å². The second-order valence-electron chi connectivity index (χ2n) is 6.14. The summed E-state index contributed by atoms with van der Waals surface area (Å²) in [6, 6.07) is 10.9. The minimum atomic E-state index is -0.434. The number of carbonyl (C=O) groups excluding carboxylic acids is 1. The Bertz CT molecular complexity index is 963. The van der Waals surface area contributed by atoms with E-state index >= 15 is 0 Å². The average Bonchev–Trinajstić information content (AvgIpc) is 2.76. The largest absolute Gasteiger partial charge is 0.465 e. The Morgan fingerprint density at radius 2 is 1.90 bits per heavy atom. The van der Waals surface area contributed by atoms with Crippen molar-refractivity contribution in [3.05, 3.63) is 70.8 Å². The molecule has 3 rings (SSSR count). The summed E-state index contributed by atoms with van der Waals surface area (Å²) in [6.45, 7) is 2.70. The molecule has 2 aromatic heterocycles. The molecule has 150 valence electrons. The molecule has 0 fully saturated rings. The maximum absolute atomic E-state index is 11.4. The van der Waals surface area contributed by atoms with Crippen molar-refractivity contribution < 1.29 is 14.3 Å². The molecule has 1 aromatic carbocycles. The van der Waals surface area contributed by atoms with Crippen molar-refractivity contribution >= 4 is 23.4 Å². The molecule has 0 radical (unpaired) electrons. The highest BCUT2D eigenvalue weighted by molar-refractivity contribution is 6.33. The predicted octanol–water partition coefficient (Wildman–Crippen LogP) is 4.32. The third-order valence-electron chi connectivity index (χ3n) is 4.21. The number of ether oxygens (including phenoxy) is 2. The van der Waals surface area contributed by atoms with Crippen LogP contribution in [-0.4, -0.2) is 34.6 Å². The summed E-state index contributed by atoms with van der Waals surface area (Å²) in [5.41, 5.74) is 2.34. The topological polar surface area (TPSA) is 86.2 Å². The number of anilines is 1.